The van der Waals surface area contributed by atoms with Crippen molar-refractivity contribution in [1.82, 2.24) is 4.90 Å². The minimum absolute atomic E-state index is 0.148. The largest absolute Gasteiger partial charge is 0.458 e. The molecule has 0 radical (unpaired) electrons. The van der Waals surface area contributed by atoms with Crippen molar-refractivity contribution in [2.75, 3.05) is 13.1 Å². The van der Waals surface area contributed by atoms with Crippen LogP contribution in [0, 0.1) is 11.7 Å². The van der Waals surface area contributed by atoms with E-state index in [9.17, 15) is 14.3 Å². The van der Waals surface area contributed by atoms with Crippen molar-refractivity contribution >= 4 is 11.9 Å². The van der Waals surface area contributed by atoms with E-state index in [0.29, 0.717) is 36.6 Å². The number of carbonyl (C=O) groups excluding carboxylic acids is 1. The number of halogens is 1. The number of likely N-dealkylation sites (tertiary alicyclic amines) is 1. The highest BCUT2D eigenvalue weighted by molar-refractivity contribution is 5.82. The molecule has 0 spiro atoms. The number of ether oxygens (including phenoxy) is 1. The third-order valence-electron chi connectivity index (χ3n) is 6.58. The van der Waals surface area contributed by atoms with Crippen molar-refractivity contribution in [2.45, 2.75) is 50.4 Å². The maximum absolute atomic E-state index is 13.8. The average molecular weight is 440 g/mol. The van der Waals surface area contributed by atoms with E-state index in [0.717, 1.165) is 25.7 Å². The zero-order valence-electron chi connectivity index (χ0n) is 18.1. The second-order valence-electron chi connectivity index (χ2n) is 8.64. The number of benzene rings is 2. The molecule has 2 aromatic carbocycles. The molecule has 1 aliphatic heterocycles. The number of hydrogen-bond acceptors (Lipinski definition) is 4. The molecule has 3 N–H and O–H groups in total. The highest BCUT2D eigenvalue weighted by Crippen LogP contribution is 2.41. The first-order valence-electron chi connectivity index (χ1n) is 11.3. The summed E-state index contributed by atoms with van der Waals surface area (Å²) in [6.07, 6.45) is 3.80. The van der Waals surface area contributed by atoms with Gasteiger partial charge in [0, 0.05) is 24.4 Å². The maximum Gasteiger partial charge on any atom is 0.343 e. The summed E-state index contributed by atoms with van der Waals surface area (Å²) < 4.78 is 19.6. The highest BCUT2D eigenvalue weighted by atomic mass is 19.1. The van der Waals surface area contributed by atoms with Crippen LogP contribution in [0.5, 0.6) is 0 Å². The van der Waals surface area contributed by atoms with Gasteiger partial charge < -0.3 is 20.5 Å². The van der Waals surface area contributed by atoms with Gasteiger partial charge in [0.05, 0.1) is 13.1 Å². The first kappa shape index (κ1) is 22.3. The van der Waals surface area contributed by atoms with Crippen molar-refractivity contribution in [3.63, 3.8) is 0 Å². The predicted octanol–water partition coefficient (Wildman–Crippen LogP) is 3.34. The molecule has 2 aliphatic rings. The Morgan fingerprint density at radius 3 is 2.53 bits per heavy atom. The number of hydrogen-bond donors (Lipinski definition) is 2. The van der Waals surface area contributed by atoms with Crippen LogP contribution in [0.3, 0.4) is 0 Å². The average Bonchev–Trinajstić information content (AvgIpc) is 3.51. The zero-order valence-corrected chi connectivity index (χ0v) is 18.1. The third-order valence-corrected chi connectivity index (χ3v) is 6.58. The van der Waals surface area contributed by atoms with Gasteiger partial charge in [0.25, 0.3) is 0 Å². The van der Waals surface area contributed by atoms with Gasteiger partial charge in [-0.2, -0.15) is 0 Å². The fraction of sp³-hybridized carbons (Fsp3) is 0.440. The molecule has 2 unspecified atom stereocenters. The Labute approximate surface area is 187 Å². The van der Waals surface area contributed by atoms with E-state index in [1.807, 2.05) is 23.1 Å². The second kappa shape index (κ2) is 9.69. The van der Waals surface area contributed by atoms with Gasteiger partial charge in [-0.15, -0.1) is 0 Å². The number of nitrogens with two attached hydrogens (primary N) is 1. The van der Waals surface area contributed by atoms with Crippen LogP contribution in [0.15, 0.2) is 59.6 Å². The number of aliphatic imine (C=N–C) groups is 1. The van der Waals surface area contributed by atoms with Crippen LogP contribution < -0.4 is 5.73 Å². The Bertz CT molecular complexity index is 962. The molecule has 1 saturated heterocycles. The van der Waals surface area contributed by atoms with Crippen LogP contribution >= 0.6 is 0 Å². The number of carbonyl (C=O) groups is 1. The van der Waals surface area contributed by atoms with Crippen LogP contribution in [0.25, 0.3) is 0 Å². The zero-order chi connectivity index (χ0) is 22.6. The number of rotatable bonds is 6. The Hall–Kier alpha value is -2.93. The smallest absolute Gasteiger partial charge is 0.343 e. The molecule has 32 heavy (non-hydrogen) atoms. The summed E-state index contributed by atoms with van der Waals surface area (Å²) in [5.41, 5.74) is 5.52. The van der Waals surface area contributed by atoms with Gasteiger partial charge in [0.15, 0.2) is 11.6 Å². The summed E-state index contributed by atoms with van der Waals surface area (Å²) in [6.45, 7) is 1.13. The molecular formula is C25H30FN3O3. The lowest BCUT2D eigenvalue weighted by Crippen LogP contribution is -2.45. The minimum atomic E-state index is -1.64. The summed E-state index contributed by atoms with van der Waals surface area (Å²) in [5, 5.41) is 11.6. The molecule has 170 valence electrons. The van der Waals surface area contributed by atoms with E-state index >= 15 is 0 Å². The first-order valence-corrected chi connectivity index (χ1v) is 11.3. The van der Waals surface area contributed by atoms with Crippen LogP contribution in [0.2, 0.25) is 0 Å². The van der Waals surface area contributed by atoms with Gasteiger partial charge in [-0.05, 0) is 24.5 Å². The fourth-order valence-corrected chi connectivity index (χ4v) is 4.72. The van der Waals surface area contributed by atoms with E-state index in [2.05, 4.69) is 4.99 Å². The topological polar surface area (TPSA) is 88.1 Å². The molecule has 2 atom stereocenters. The van der Waals surface area contributed by atoms with Gasteiger partial charge in [0.1, 0.15) is 11.9 Å². The standard InChI is InChI=1S/C25H30FN3O3/c26-22-13-7-4-8-18(22)16-28-24(27)29-15-14-21(17-29)32-23(30)25(31,20-11-5-6-12-20)19-9-2-1-3-10-19/h1-4,7-10,13,20-21,31H,5-6,11-12,14-17H2,(H2,27,28). The molecule has 2 aromatic rings. The predicted molar refractivity (Wildman–Crippen MR) is 120 cm³/mol. The summed E-state index contributed by atoms with van der Waals surface area (Å²) in [5.74, 6) is -0.767. The van der Waals surface area contributed by atoms with Gasteiger partial charge in [-0.3, -0.25) is 0 Å². The molecule has 1 aliphatic carbocycles. The Morgan fingerprint density at radius 2 is 1.81 bits per heavy atom. The van der Waals surface area contributed by atoms with Gasteiger partial charge >= 0.3 is 5.97 Å². The van der Waals surface area contributed by atoms with E-state index in [1.54, 1.807) is 30.3 Å². The van der Waals surface area contributed by atoms with Crippen molar-refractivity contribution < 1.29 is 19.0 Å². The molecule has 0 aromatic heterocycles. The Kier molecular flexibility index (Phi) is 6.74. The van der Waals surface area contributed by atoms with E-state index in [-0.39, 0.29) is 24.4 Å². The van der Waals surface area contributed by atoms with E-state index in [4.69, 9.17) is 10.5 Å². The van der Waals surface area contributed by atoms with Crippen LogP contribution in [0.1, 0.15) is 43.2 Å². The number of esters is 1. The molecule has 4 rings (SSSR count). The second-order valence-corrected chi connectivity index (χ2v) is 8.64. The monoisotopic (exact) mass is 439 g/mol. The number of nitrogens with zero attached hydrogens (tertiary/aromatic N) is 2. The van der Waals surface area contributed by atoms with E-state index < -0.39 is 11.6 Å². The summed E-state index contributed by atoms with van der Waals surface area (Å²) in [7, 11) is 0. The van der Waals surface area contributed by atoms with Crippen LogP contribution in [0.4, 0.5) is 4.39 Å². The molecule has 2 fully saturated rings. The van der Waals surface area contributed by atoms with Gasteiger partial charge in [-0.1, -0.05) is 61.4 Å². The lowest BCUT2D eigenvalue weighted by Gasteiger charge is -2.33. The van der Waals surface area contributed by atoms with Crippen molar-refractivity contribution in [3.05, 3.63) is 71.5 Å². The van der Waals surface area contributed by atoms with Crippen LogP contribution in [-0.2, 0) is 21.7 Å². The molecule has 0 bridgehead atoms. The lowest BCUT2D eigenvalue weighted by molar-refractivity contribution is -0.178. The summed E-state index contributed by atoms with van der Waals surface area (Å²) in [6, 6.07) is 15.5. The maximum atomic E-state index is 13.8. The molecule has 7 heteroatoms. The Morgan fingerprint density at radius 1 is 1.12 bits per heavy atom. The quantitative estimate of drug-likeness (QED) is 0.410. The first-order chi connectivity index (χ1) is 15.5. The normalized spacial score (nSPS) is 21.5. The molecular weight excluding hydrogens is 409 g/mol. The molecule has 0 amide bonds. The minimum Gasteiger partial charge on any atom is -0.458 e. The highest BCUT2D eigenvalue weighted by Gasteiger charge is 2.48. The summed E-state index contributed by atoms with van der Waals surface area (Å²) in [4.78, 5) is 19.4. The fourth-order valence-electron chi connectivity index (χ4n) is 4.72. The Balaban J connectivity index is 1.41. The molecule has 6 nitrogen and oxygen atoms in total. The van der Waals surface area contributed by atoms with Crippen molar-refractivity contribution in [3.8, 4) is 0 Å². The van der Waals surface area contributed by atoms with E-state index in [1.165, 1.54) is 6.07 Å². The SMILES string of the molecule is NC(=NCc1ccccc1F)N1CCC(OC(=O)C(O)(c2ccccc2)C2CCCC2)C1. The lowest BCUT2D eigenvalue weighted by atomic mass is 9.80. The molecule has 1 saturated carbocycles. The van der Waals surface area contributed by atoms with Crippen LogP contribution in [-0.4, -0.2) is 41.1 Å². The van der Waals surface area contributed by atoms with Crippen molar-refractivity contribution in [1.29, 1.82) is 0 Å². The summed E-state index contributed by atoms with van der Waals surface area (Å²) >= 11 is 0. The third kappa shape index (κ3) is 4.63. The van der Waals surface area contributed by atoms with Crippen molar-refractivity contribution in [2.24, 2.45) is 16.6 Å². The van der Waals surface area contributed by atoms with Gasteiger partial charge in [-0.25, -0.2) is 14.2 Å². The number of guanidine groups is 1. The molecule has 1 heterocycles. The number of aliphatic hydroxyl groups is 1. The van der Waals surface area contributed by atoms with Gasteiger partial charge in [0.2, 0.25) is 0 Å².